The predicted octanol–water partition coefficient (Wildman–Crippen LogP) is 4.73. The number of fused-ring (bicyclic) bond motifs is 5. The second-order valence-corrected chi connectivity index (χ2v) is 22.2. The van der Waals surface area contributed by atoms with Crippen molar-refractivity contribution in [2.24, 2.45) is 45.3 Å². The van der Waals surface area contributed by atoms with E-state index in [1.54, 1.807) is 13.8 Å². The molecule has 346 valence electrons. The van der Waals surface area contributed by atoms with Crippen LogP contribution in [0.25, 0.3) is 0 Å². The van der Waals surface area contributed by atoms with Gasteiger partial charge in [0.25, 0.3) is 0 Å². The first kappa shape index (κ1) is 47.2. The molecule has 0 aromatic heterocycles. The van der Waals surface area contributed by atoms with E-state index in [0.29, 0.717) is 30.1 Å². The van der Waals surface area contributed by atoms with Gasteiger partial charge < -0.3 is 64.2 Å². The Morgan fingerprint density at radius 1 is 0.817 bits per heavy atom. The third kappa shape index (κ3) is 8.94. The molecule has 19 atom stereocenters. The second kappa shape index (κ2) is 17.9. The zero-order valence-electron chi connectivity index (χ0n) is 37.7. The van der Waals surface area contributed by atoms with Gasteiger partial charge in [-0.1, -0.05) is 53.2 Å². The SMILES string of the molecule is C[C@H](CC[C@@H](O[C@@H]1O[C@H](CO[C@H]2OC[C@@H](O)C[C@H]2O)C[C@H](O)[C@H]1O[C@H]1C[C@@H](O)C[C@@H](CO)O1)C(C)(C)O)C1CC[C@@]2(C)C3CC=C4C(CC[C@H](O)C4(C)C)[C@]3(C)CC[C@]12C. The summed E-state index contributed by atoms with van der Waals surface area (Å²) in [5, 5.41) is 74.9. The standard InChI is InChI=1S/C47H80O13/c1-26(31-15-16-47(8)36-12-10-32-33(11-13-37(53)43(32,2)3)45(36,6)17-18-46(31,47)7)9-14-38(44(4,5)54)59-42-40(60-39-21-27(49)19-29(23-48)57-39)34(51)22-30(58-42)25-56-41-35(52)20-28(50)24-55-41/h10,26-31,33-42,48-54H,9,11-25H2,1-8H3/t26-,27+,28+,29+,30+,31?,33?,34+,35-,36?,37+,38-,39+,40-,41-,42+,45+,46-,47+/m1/s1. The lowest BCUT2D eigenvalue weighted by atomic mass is 9.39. The number of hydrogen-bond acceptors (Lipinski definition) is 13. The van der Waals surface area contributed by atoms with Gasteiger partial charge in [0.2, 0.25) is 0 Å². The Kier molecular flexibility index (Phi) is 14.1. The Morgan fingerprint density at radius 2 is 1.57 bits per heavy atom. The van der Waals surface area contributed by atoms with Crippen molar-refractivity contribution < 1.29 is 64.2 Å². The molecule has 0 spiro atoms. The molecule has 3 unspecified atom stereocenters. The van der Waals surface area contributed by atoms with Gasteiger partial charge in [0.05, 0.1) is 68.1 Å². The van der Waals surface area contributed by atoms with Crippen LogP contribution in [-0.4, -0.2) is 135 Å². The summed E-state index contributed by atoms with van der Waals surface area (Å²) < 4.78 is 36.8. The molecule has 13 heteroatoms. The number of allylic oxidation sites excluding steroid dienone is 1. The summed E-state index contributed by atoms with van der Waals surface area (Å²) in [5.41, 5.74) is 0.583. The molecule has 13 nitrogen and oxygen atoms in total. The van der Waals surface area contributed by atoms with Crippen LogP contribution in [0, 0.1) is 45.3 Å². The fourth-order valence-corrected chi connectivity index (χ4v) is 13.7. The van der Waals surface area contributed by atoms with Crippen molar-refractivity contribution in [1.82, 2.24) is 0 Å². The van der Waals surface area contributed by atoms with E-state index >= 15 is 0 Å². The van der Waals surface area contributed by atoms with E-state index in [0.717, 1.165) is 32.1 Å². The topological polar surface area (TPSA) is 197 Å². The maximum Gasteiger partial charge on any atom is 0.187 e. The summed E-state index contributed by atoms with van der Waals surface area (Å²) in [6, 6.07) is 0. The largest absolute Gasteiger partial charge is 0.394 e. The van der Waals surface area contributed by atoms with Crippen LogP contribution >= 0.6 is 0 Å². The lowest BCUT2D eigenvalue weighted by molar-refractivity contribution is -0.346. The van der Waals surface area contributed by atoms with Crippen molar-refractivity contribution in [2.75, 3.05) is 19.8 Å². The van der Waals surface area contributed by atoms with Gasteiger partial charge in [-0.25, -0.2) is 0 Å². The molecule has 3 saturated heterocycles. The molecule has 7 rings (SSSR count). The van der Waals surface area contributed by atoms with E-state index < -0.39 is 73.3 Å². The summed E-state index contributed by atoms with van der Waals surface area (Å²) in [6.45, 7) is 17.7. The van der Waals surface area contributed by atoms with Crippen LogP contribution in [0.2, 0.25) is 0 Å². The molecule has 0 radical (unpaired) electrons. The fourth-order valence-electron chi connectivity index (χ4n) is 13.7. The highest BCUT2D eigenvalue weighted by Gasteiger charge is 2.67. The number of aliphatic hydroxyl groups excluding tert-OH is 6. The molecule has 3 saturated carbocycles. The first-order chi connectivity index (χ1) is 28.1. The molecule has 0 bridgehead atoms. The maximum atomic E-state index is 11.7. The Hall–Kier alpha value is -0.780. The molecular formula is C47H80O13. The Morgan fingerprint density at radius 3 is 2.27 bits per heavy atom. The van der Waals surface area contributed by atoms with E-state index in [1.807, 2.05) is 0 Å². The van der Waals surface area contributed by atoms with Crippen molar-refractivity contribution in [1.29, 1.82) is 0 Å². The van der Waals surface area contributed by atoms with Crippen LogP contribution in [0.4, 0.5) is 0 Å². The Bertz CT molecular complexity index is 1480. The quantitative estimate of drug-likeness (QED) is 0.126. The summed E-state index contributed by atoms with van der Waals surface area (Å²) in [7, 11) is 0. The van der Waals surface area contributed by atoms with Crippen LogP contribution in [0.1, 0.15) is 139 Å². The van der Waals surface area contributed by atoms with E-state index in [-0.39, 0.29) is 73.3 Å². The van der Waals surface area contributed by atoms with Gasteiger partial charge in [0.15, 0.2) is 18.9 Å². The Balaban J connectivity index is 1.05. The number of rotatable bonds is 13. The predicted molar refractivity (Wildman–Crippen MR) is 222 cm³/mol. The van der Waals surface area contributed by atoms with E-state index in [2.05, 4.69) is 47.6 Å². The summed E-state index contributed by atoms with van der Waals surface area (Å²) in [5.74, 6) is 1.96. The lowest BCUT2D eigenvalue weighted by Crippen LogP contribution is -2.59. The van der Waals surface area contributed by atoms with E-state index in [4.69, 9.17) is 28.4 Å². The van der Waals surface area contributed by atoms with Gasteiger partial charge in [0, 0.05) is 31.1 Å². The van der Waals surface area contributed by atoms with Crippen LogP contribution in [0.3, 0.4) is 0 Å². The number of hydrogen-bond donors (Lipinski definition) is 7. The number of ether oxygens (including phenoxy) is 6. The molecule has 0 aromatic rings. The minimum atomic E-state index is -1.28. The van der Waals surface area contributed by atoms with Crippen LogP contribution in [0.5, 0.6) is 0 Å². The fraction of sp³-hybridized carbons (Fsp3) is 0.957. The van der Waals surface area contributed by atoms with Gasteiger partial charge in [0.1, 0.15) is 12.2 Å². The zero-order chi connectivity index (χ0) is 43.6. The average molecular weight is 853 g/mol. The van der Waals surface area contributed by atoms with Crippen molar-refractivity contribution >= 4 is 0 Å². The van der Waals surface area contributed by atoms with Gasteiger partial charge in [-0.05, 0) is 112 Å². The molecule has 3 heterocycles. The van der Waals surface area contributed by atoms with E-state index in [9.17, 15) is 35.7 Å². The zero-order valence-corrected chi connectivity index (χ0v) is 37.7. The molecule has 7 aliphatic rings. The summed E-state index contributed by atoms with van der Waals surface area (Å²) in [6.07, 6.45) is 2.25. The van der Waals surface area contributed by atoms with Crippen LogP contribution in [0.15, 0.2) is 11.6 Å². The molecule has 3 aliphatic heterocycles. The first-order valence-corrected chi connectivity index (χ1v) is 23.4. The van der Waals surface area contributed by atoms with Crippen molar-refractivity contribution in [3.05, 3.63) is 11.6 Å². The highest BCUT2D eigenvalue weighted by atomic mass is 16.8. The number of aliphatic hydroxyl groups is 7. The first-order valence-electron chi connectivity index (χ1n) is 23.4. The minimum Gasteiger partial charge on any atom is -0.394 e. The monoisotopic (exact) mass is 853 g/mol. The summed E-state index contributed by atoms with van der Waals surface area (Å²) in [4.78, 5) is 0. The highest BCUT2D eigenvalue weighted by Crippen LogP contribution is 2.75. The van der Waals surface area contributed by atoms with Gasteiger partial charge in [-0.15, -0.1) is 0 Å². The molecule has 0 amide bonds. The second-order valence-electron chi connectivity index (χ2n) is 22.2. The molecule has 6 fully saturated rings. The molecule has 0 aromatic carbocycles. The van der Waals surface area contributed by atoms with Crippen LogP contribution in [-0.2, 0) is 28.4 Å². The maximum absolute atomic E-state index is 11.7. The smallest absolute Gasteiger partial charge is 0.187 e. The highest BCUT2D eigenvalue weighted by molar-refractivity contribution is 5.30. The molecule has 7 N–H and O–H groups in total. The van der Waals surface area contributed by atoms with Crippen molar-refractivity contribution in [2.45, 2.75) is 218 Å². The van der Waals surface area contributed by atoms with E-state index in [1.165, 1.54) is 24.8 Å². The molecular weight excluding hydrogens is 773 g/mol. The van der Waals surface area contributed by atoms with Crippen LogP contribution < -0.4 is 0 Å². The molecule has 4 aliphatic carbocycles. The van der Waals surface area contributed by atoms with Crippen molar-refractivity contribution in [3.63, 3.8) is 0 Å². The van der Waals surface area contributed by atoms with Crippen molar-refractivity contribution in [3.8, 4) is 0 Å². The minimum absolute atomic E-state index is 0.0342. The third-order valence-corrected chi connectivity index (χ3v) is 17.6. The third-order valence-electron chi connectivity index (χ3n) is 17.6. The lowest BCUT2D eigenvalue weighted by Gasteiger charge is -2.66. The van der Waals surface area contributed by atoms with Gasteiger partial charge in [-0.3, -0.25) is 0 Å². The normalized spacial score (nSPS) is 48.0. The average Bonchev–Trinajstić information content (AvgIpc) is 3.45. The van der Waals surface area contributed by atoms with Gasteiger partial charge >= 0.3 is 0 Å². The summed E-state index contributed by atoms with van der Waals surface area (Å²) >= 11 is 0. The Labute approximate surface area is 358 Å². The molecule has 60 heavy (non-hydrogen) atoms. The van der Waals surface area contributed by atoms with Gasteiger partial charge in [-0.2, -0.15) is 0 Å².